The van der Waals surface area contributed by atoms with Crippen LogP contribution in [0.25, 0.3) is 10.8 Å². The Morgan fingerprint density at radius 1 is 0.600 bits per heavy atom. The maximum atomic E-state index is 12.1. The summed E-state index contributed by atoms with van der Waals surface area (Å²) in [6, 6.07) is 9.74. The molecule has 0 aliphatic carbocycles. The van der Waals surface area contributed by atoms with Crippen molar-refractivity contribution in [2.24, 2.45) is 0 Å². The second-order valence-electron chi connectivity index (χ2n) is 10.1. The molecule has 0 aliphatic heterocycles. The van der Waals surface area contributed by atoms with Gasteiger partial charge in [0.15, 0.2) is 0 Å². The van der Waals surface area contributed by atoms with Gasteiger partial charge in [-0.05, 0) is 59.7 Å². The SMILES string of the molecule is CCCCCCCCCCc1cc(S(=O)(=O)[O-])c2cc(CCCCCCCCCC)ccc2c1.[K+]. The van der Waals surface area contributed by atoms with Gasteiger partial charge in [0, 0.05) is 0 Å². The zero-order valence-electron chi connectivity index (χ0n) is 22.7. The predicted octanol–water partition coefficient (Wildman–Crippen LogP) is 6.11. The molecule has 2 rings (SSSR count). The fourth-order valence-corrected chi connectivity index (χ4v) is 5.60. The van der Waals surface area contributed by atoms with E-state index >= 15 is 0 Å². The maximum absolute atomic E-state index is 12.1. The molecule has 35 heavy (non-hydrogen) atoms. The summed E-state index contributed by atoms with van der Waals surface area (Å²) in [5.41, 5.74) is 2.09. The van der Waals surface area contributed by atoms with Crippen LogP contribution in [0.1, 0.15) is 128 Å². The first-order chi connectivity index (χ1) is 16.5. The summed E-state index contributed by atoms with van der Waals surface area (Å²) in [7, 11) is -4.51. The number of aryl methyl sites for hydroxylation is 2. The monoisotopic (exact) mass is 526 g/mol. The molecule has 0 radical (unpaired) electrons. The standard InChI is InChI=1S/C30H48O3S.K/c1-3-5-7-9-11-13-15-17-19-26-21-22-28-23-27(20-18-16-14-12-10-8-6-4-2)25-30(29(28)24-26)34(31,32)33;/h21-25H,3-20H2,1-2H3,(H,31,32,33);/q;+1/p-1. The van der Waals surface area contributed by atoms with Gasteiger partial charge in [0.05, 0.1) is 4.90 Å². The number of rotatable bonds is 19. The largest absolute Gasteiger partial charge is 1.00 e. The Kier molecular flexibility index (Phi) is 18.4. The molecule has 2 aromatic rings. The Balaban J connectivity index is 0.00000612. The minimum atomic E-state index is -4.51. The first-order valence-corrected chi connectivity index (χ1v) is 15.4. The molecule has 192 valence electrons. The summed E-state index contributed by atoms with van der Waals surface area (Å²) < 4.78 is 36.2. The molecular weight excluding hydrogens is 479 g/mol. The molecule has 0 saturated carbocycles. The van der Waals surface area contributed by atoms with Crippen molar-refractivity contribution in [3.8, 4) is 0 Å². The number of hydrogen-bond donors (Lipinski definition) is 0. The minimum absolute atomic E-state index is 0. The molecule has 0 saturated heterocycles. The molecule has 0 spiro atoms. The van der Waals surface area contributed by atoms with E-state index in [1.165, 1.54) is 83.5 Å². The Morgan fingerprint density at radius 3 is 1.54 bits per heavy atom. The minimum Gasteiger partial charge on any atom is -0.744 e. The Bertz CT molecular complexity index is 940. The van der Waals surface area contributed by atoms with Crippen LogP contribution >= 0.6 is 0 Å². The molecule has 0 bridgehead atoms. The molecule has 0 N–H and O–H groups in total. The van der Waals surface area contributed by atoms with E-state index in [9.17, 15) is 13.0 Å². The van der Waals surface area contributed by atoms with Crippen molar-refractivity contribution in [1.82, 2.24) is 0 Å². The molecule has 0 aromatic heterocycles. The summed E-state index contributed by atoms with van der Waals surface area (Å²) in [4.78, 5) is -0.0441. The smallest absolute Gasteiger partial charge is 0.744 e. The Hall–Kier alpha value is 0.246. The van der Waals surface area contributed by atoms with Gasteiger partial charge in [0.2, 0.25) is 0 Å². The van der Waals surface area contributed by atoms with Gasteiger partial charge in [-0.25, -0.2) is 8.42 Å². The zero-order chi connectivity index (χ0) is 24.7. The van der Waals surface area contributed by atoms with E-state index in [0.717, 1.165) is 48.6 Å². The average molecular weight is 527 g/mol. The van der Waals surface area contributed by atoms with Crippen molar-refractivity contribution in [2.75, 3.05) is 0 Å². The summed E-state index contributed by atoms with van der Waals surface area (Å²) in [6.45, 7) is 4.48. The van der Waals surface area contributed by atoms with Gasteiger partial charge in [-0.3, -0.25) is 0 Å². The molecular formula is C30H47KO3S. The van der Waals surface area contributed by atoms with Gasteiger partial charge in [-0.2, -0.15) is 0 Å². The van der Waals surface area contributed by atoms with Crippen molar-refractivity contribution in [3.63, 3.8) is 0 Å². The molecule has 0 amide bonds. The van der Waals surface area contributed by atoms with E-state index in [4.69, 9.17) is 0 Å². The van der Waals surface area contributed by atoms with Crippen LogP contribution in [-0.2, 0) is 23.0 Å². The van der Waals surface area contributed by atoms with Crippen LogP contribution < -0.4 is 51.4 Å². The normalized spacial score (nSPS) is 11.6. The van der Waals surface area contributed by atoms with Gasteiger partial charge in [0.25, 0.3) is 0 Å². The van der Waals surface area contributed by atoms with Crippen molar-refractivity contribution in [3.05, 3.63) is 41.5 Å². The van der Waals surface area contributed by atoms with Gasteiger partial charge in [-0.1, -0.05) is 122 Å². The molecule has 2 aromatic carbocycles. The van der Waals surface area contributed by atoms with Crippen molar-refractivity contribution in [2.45, 2.75) is 134 Å². The molecule has 0 heterocycles. The third-order valence-electron chi connectivity index (χ3n) is 6.95. The summed E-state index contributed by atoms with van der Waals surface area (Å²) in [5.74, 6) is 0. The summed E-state index contributed by atoms with van der Waals surface area (Å²) >= 11 is 0. The van der Waals surface area contributed by atoms with Crippen LogP contribution in [0.5, 0.6) is 0 Å². The van der Waals surface area contributed by atoms with Crippen LogP contribution in [-0.4, -0.2) is 13.0 Å². The first-order valence-electron chi connectivity index (χ1n) is 14.0. The topological polar surface area (TPSA) is 57.2 Å². The summed E-state index contributed by atoms with van der Waals surface area (Å²) in [6.07, 6.45) is 21.9. The first kappa shape index (κ1) is 33.3. The van der Waals surface area contributed by atoms with Gasteiger partial charge >= 0.3 is 51.4 Å². The fourth-order valence-electron chi connectivity index (χ4n) is 4.86. The van der Waals surface area contributed by atoms with E-state index in [0.29, 0.717) is 5.39 Å². The van der Waals surface area contributed by atoms with Crippen LogP contribution in [0.15, 0.2) is 35.2 Å². The third-order valence-corrected chi connectivity index (χ3v) is 7.82. The van der Waals surface area contributed by atoms with E-state index < -0.39 is 10.1 Å². The fraction of sp³-hybridized carbons (Fsp3) is 0.667. The third kappa shape index (κ3) is 13.6. The van der Waals surface area contributed by atoms with Crippen LogP contribution in [0.4, 0.5) is 0 Å². The average Bonchev–Trinajstić information content (AvgIpc) is 2.81. The predicted molar refractivity (Wildman–Crippen MR) is 145 cm³/mol. The van der Waals surface area contributed by atoms with Crippen LogP contribution in [0.2, 0.25) is 0 Å². The van der Waals surface area contributed by atoms with E-state index in [1.807, 2.05) is 12.1 Å². The number of benzene rings is 2. The molecule has 0 fully saturated rings. The molecule has 0 atom stereocenters. The van der Waals surface area contributed by atoms with Gasteiger partial charge in [-0.15, -0.1) is 0 Å². The molecule has 0 unspecified atom stereocenters. The molecule has 5 heteroatoms. The Morgan fingerprint density at radius 2 is 1.06 bits per heavy atom. The second kappa shape index (κ2) is 19.3. The quantitative estimate of drug-likeness (QED) is 0.126. The van der Waals surface area contributed by atoms with Crippen LogP contribution in [0.3, 0.4) is 0 Å². The van der Waals surface area contributed by atoms with E-state index in [1.54, 1.807) is 6.07 Å². The van der Waals surface area contributed by atoms with Crippen LogP contribution in [0, 0.1) is 0 Å². The van der Waals surface area contributed by atoms with Crippen molar-refractivity contribution < 1.29 is 64.4 Å². The number of unbranched alkanes of at least 4 members (excludes halogenated alkanes) is 14. The second-order valence-corrected chi connectivity index (χ2v) is 11.4. The molecule has 3 nitrogen and oxygen atoms in total. The number of fused-ring (bicyclic) bond motifs is 1. The van der Waals surface area contributed by atoms with Crippen molar-refractivity contribution in [1.29, 1.82) is 0 Å². The zero-order valence-corrected chi connectivity index (χ0v) is 26.7. The van der Waals surface area contributed by atoms with Gasteiger partial charge in [0.1, 0.15) is 10.1 Å². The van der Waals surface area contributed by atoms with Gasteiger partial charge < -0.3 is 4.55 Å². The van der Waals surface area contributed by atoms with E-state index in [2.05, 4.69) is 26.0 Å². The van der Waals surface area contributed by atoms with E-state index in [-0.39, 0.29) is 56.3 Å². The number of hydrogen-bond acceptors (Lipinski definition) is 3. The molecule has 0 aliphatic rings. The maximum Gasteiger partial charge on any atom is 1.00 e. The summed E-state index contributed by atoms with van der Waals surface area (Å²) in [5, 5.41) is 1.46. The van der Waals surface area contributed by atoms with Crippen molar-refractivity contribution >= 4 is 20.9 Å². The Labute approximate surface area is 258 Å².